The highest BCUT2D eigenvalue weighted by atomic mass is 127. The molecule has 0 aliphatic carbocycles. The molecule has 0 atom stereocenters. The van der Waals surface area contributed by atoms with Crippen LogP contribution in [0.4, 0.5) is 5.69 Å². The predicted molar refractivity (Wildman–Crippen MR) is 90.3 cm³/mol. The van der Waals surface area contributed by atoms with Gasteiger partial charge in [0.2, 0.25) is 0 Å². The molecule has 0 spiro atoms. The third-order valence-electron chi connectivity index (χ3n) is 2.53. The maximum absolute atomic E-state index is 12.2. The lowest BCUT2D eigenvalue weighted by molar-refractivity contribution is 0.102. The highest BCUT2D eigenvalue weighted by molar-refractivity contribution is 14.1. The van der Waals surface area contributed by atoms with Crippen LogP contribution < -0.4 is 5.32 Å². The SMILES string of the molecule is CSc1ccccc1C(=O)Nc1ccc(I)cc1Cl. The van der Waals surface area contributed by atoms with Crippen LogP contribution in [0.5, 0.6) is 0 Å². The second-order valence-electron chi connectivity index (χ2n) is 3.78. The van der Waals surface area contributed by atoms with Gasteiger partial charge in [0.05, 0.1) is 16.3 Å². The Kier molecular flexibility index (Phi) is 5.13. The average molecular weight is 404 g/mol. The van der Waals surface area contributed by atoms with E-state index in [9.17, 15) is 4.79 Å². The molecule has 19 heavy (non-hydrogen) atoms. The average Bonchev–Trinajstić information content (AvgIpc) is 2.41. The van der Waals surface area contributed by atoms with E-state index in [0.717, 1.165) is 8.47 Å². The molecule has 0 unspecified atom stereocenters. The topological polar surface area (TPSA) is 29.1 Å². The van der Waals surface area contributed by atoms with Crippen molar-refractivity contribution in [2.45, 2.75) is 4.90 Å². The summed E-state index contributed by atoms with van der Waals surface area (Å²) >= 11 is 9.83. The van der Waals surface area contributed by atoms with Gasteiger partial charge in [0.15, 0.2) is 0 Å². The first kappa shape index (κ1) is 14.7. The number of hydrogen-bond acceptors (Lipinski definition) is 2. The van der Waals surface area contributed by atoms with Gasteiger partial charge in [0, 0.05) is 8.47 Å². The summed E-state index contributed by atoms with van der Waals surface area (Å²) in [5.74, 6) is -0.145. The van der Waals surface area contributed by atoms with E-state index < -0.39 is 0 Å². The number of rotatable bonds is 3. The molecule has 0 aliphatic rings. The molecule has 0 bridgehead atoms. The van der Waals surface area contributed by atoms with Crippen LogP contribution in [0.2, 0.25) is 5.02 Å². The van der Waals surface area contributed by atoms with Gasteiger partial charge in [0.25, 0.3) is 5.91 Å². The van der Waals surface area contributed by atoms with Crippen LogP contribution in [0, 0.1) is 3.57 Å². The summed E-state index contributed by atoms with van der Waals surface area (Å²) in [6, 6.07) is 13.0. The van der Waals surface area contributed by atoms with E-state index in [0.29, 0.717) is 16.3 Å². The van der Waals surface area contributed by atoms with E-state index >= 15 is 0 Å². The molecule has 0 fully saturated rings. The van der Waals surface area contributed by atoms with Crippen LogP contribution in [-0.2, 0) is 0 Å². The molecular weight excluding hydrogens is 393 g/mol. The Morgan fingerprint density at radius 2 is 2.00 bits per heavy atom. The minimum Gasteiger partial charge on any atom is -0.321 e. The van der Waals surface area contributed by atoms with Gasteiger partial charge in [-0.1, -0.05) is 23.7 Å². The summed E-state index contributed by atoms with van der Waals surface area (Å²) in [6.07, 6.45) is 1.95. The second kappa shape index (κ2) is 6.63. The van der Waals surface area contributed by atoms with E-state index in [1.54, 1.807) is 11.8 Å². The van der Waals surface area contributed by atoms with Crippen molar-refractivity contribution in [3.05, 3.63) is 56.6 Å². The lowest BCUT2D eigenvalue weighted by Gasteiger charge is -2.10. The summed E-state index contributed by atoms with van der Waals surface area (Å²) in [5.41, 5.74) is 1.28. The van der Waals surface area contributed by atoms with Crippen molar-refractivity contribution in [3.63, 3.8) is 0 Å². The molecule has 0 radical (unpaired) electrons. The van der Waals surface area contributed by atoms with E-state index in [-0.39, 0.29) is 5.91 Å². The molecule has 98 valence electrons. The highest BCUT2D eigenvalue weighted by Crippen LogP contribution is 2.26. The summed E-state index contributed by atoms with van der Waals surface area (Å²) in [7, 11) is 0. The number of halogens is 2. The Bertz CT molecular complexity index is 618. The van der Waals surface area contributed by atoms with Crippen molar-refractivity contribution >= 4 is 57.5 Å². The van der Waals surface area contributed by atoms with Crippen LogP contribution in [0.25, 0.3) is 0 Å². The molecule has 0 heterocycles. The van der Waals surface area contributed by atoms with Crippen LogP contribution in [-0.4, -0.2) is 12.2 Å². The quantitative estimate of drug-likeness (QED) is 0.582. The van der Waals surface area contributed by atoms with Gasteiger partial charge in [-0.15, -0.1) is 11.8 Å². The Hall–Kier alpha value is -0.720. The van der Waals surface area contributed by atoms with E-state index in [2.05, 4.69) is 27.9 Å². The smallest absolute Gasteiger partial charge is 0.256 e. The van der Waals surface area contributed by atoms with Crippen LogP contribution >= 0.6 is 46.0 Å². The maximum atomic E-state index is 12.2. The number of nitrogens with one attached hydrogen (secondary N) is 1. The number of hydrogen-bond donors (Lipinski definition) is 1. The van der Waals surface area contributed by atoms with Crippen molar-refractivity contribution in [1.29, 1.82) is 0 Å². The minimum absolute atomic E-state index is 0.145. The molecule has 2 aromatic carbocycles. The number of anilines is 1. The van der Waals surface area contributed by atoms with Crippen molar-refractivity contribution in [2.24, 2.45) is 0 Å². The molecule has 5 heteroatoms. The Labute approximate surface area is 135 Å². The van der Waals surface area contributed by atoms with Gasteiger partial charge < -0.3 is 5.32 Å². The Balaban J connectivity index is 2.26. The number of thioether (sulfide) groups is 1. The molecule has 2 nitrogen and oxygen atoms in total. The molecule has 0 aliphatic heterocycles. The van der Waals surface area contributed by atoms with E-state index in [1.807, 2.05) is 48.7 Å². The van der Waals surface area contributed by atoms with Crippen molar-refractivity contribution in [1.82, 2.24) is 0 Å². The molecule has 0 aromatic heterocycles. The first-order valence-corrected chi connectivity index (χ1v) is 8.19. The highest BCUT2D eigenvalue weighted by Gasteiger charge is 2.12. The van der Waals surface area contributed by atoms with Crippen LogP contribution in [0.1, 0.15) is 10.4 Å². The largest absolute Gasteiger partial charge is 0.321 e. The predicted octanol–water partition coefficient (Wildman–Crippen LogP) is 4.92. The van der Waals surface area contributed by atoms with Gasteiger partial charge in [-0.3, -0.25) is 4.79 Å². The fourth-order valence-electron chi connectivity index (χ4n) is 1.61. The molecule has 1 amide bonds. The molecule has 1 N–H and O–H groups in total. The summed E-state index contributed by atoms with van der Waals surface area (Å²) in [6.45, 7) is 0. The minimum atomic E-state index is -0.145. The fourth-order valence-corrected chi connectivity index (χ4v) is 3.11. The monoisotopic (exact) mass is 403 g/mol. The van der Waals surface area contributed by atoms with Gasteiger partial charge in [-0.25, -0.2) is 0 Å². The zero-order valence-corrected chi connectivity index (χ0v) is 13.8. The molecule has 0 saturated heterocycles. The van der Waals surface area contributed by atoms with Gasteiger partial charge in [-0.2, -0.15) is 0 Å². The number of carbonyl (C=O) groups is 1. The van der Waals surface area contributed by atoms with E-state index in [4.69, 9.17) is 11.6 Å². The third kappa shape index (κ3) is 3.64. The number of carbonyl (C=O) groups excluding carboxylic acids is 1. The lowest BCUT2D eigenvalue weighted by atomic mass is 10.2. The Morgan fingerprint density at radius 3 is 2.68 bits per heavy atom. The zero-order chi connectivity index (χ0) is 13.8. The lowest BCUT2D eigenvalue weighted by Crippen LogP contribution is -2.13. The normalized spacial score (nSPS) is 10.3. The summed E-state index contributed by atoms with van der Waals surface area (Å²) < 4.78 is 1.03. The third-order valence-corrected chi connectivity index (χ3v) is 4.31. The van der Waals surface area contributed by atoms with Crippen molar-refractivity contribution in [3.8, 4) is 0 Å². The van der Waals surface area contributed by atoms with Gasteiger partial charge in [-0.05, 0) is 59.2 Å². The van der Waals surface area contributed by atoms with Crippen molar-refractivity contribution in [2.75, 3.05) is 11.6 Å². The van der Waals surface area contributed by atoms with Crippen LogP contribution in [0.3, 0.4) is 0 Å². The summed E-state index contributed by atoms with van der Waals surface area (Å²) in [5, 5.41) is 3.38. The second-order valence-corrected chi connectivity index (χ2v) is 6.28. The van der Waals surface area contributed by atoms with E-state index in [1.165, 1.54) is 0 Å². The summed E-state index contributed by atoms with van der Waals surface area (Å²) in [4.78, 5) is 13.2. The Morgan fingerprint density at radius 1 is 1.26 bits per heavy atom. The van der Waals surface area contributed by atoms with Crippen LogP contribution in [0.15, 0.2) is 47.4 Å². The zero-order valence-electron chi connectivity index (χ0n) is 10.1. The van der Waals surface area contributed by atoms with Crippen molar-refractivity contribution < 1.29 is 4.79 Å². The first-order valence-electron chi connectivity index (χ1n) is 5.51. The molecule has 2 aromatic rings. The maximum Gasteiger partial charge on any atom is 0.256 e. The van der Waals surface area contributed by atoms with Gasteiger partial charge >= 0.3 is 0 Å². The molecular formula is C14H11ClINOS. The fraction of sp³-hybridized carbons (Fsp3) is 0.0714. The molecule has 2 rings (SSSR count). The van der Waals surface area contributed by atoms with Gasteiger partial charge in [0.1, 0.15) is 0 Å². The number of amides is 1. The molecule has 0 saturated carbocycles. The standard InChI is InChI=1S/C14H11ClINOS/c1-19-13-5-3-2-4-10(13)14(18)17-12-7-6-9(16)8-11(12)15/h2-8H,1H3,(H,17,18). The first-order chi connectivity index (χ1) is 9.11. The number of benzene rings is 2.